The summed E-state index contributed by atoms with van der Waals surface area (Å²) in [6.45, 7) is 1.99. The van der Waals surface area contributed by atoms with Crippen LogP contribution in [0, 0.1) is 18.6 Å². The van der Waals surface area contributed by atoms with Crippen LogP contribution in [-0.2, 0) is 5.54 Å². The first-order valence-corrected chi connectivity index (χ1v) is 5.30. The summed E-state index contributed by atoms with van der Waals surface area (Å²) in [6.07, 6.45) is -4.78. The van der Waals surface area contributed by atoms with Crippen LogP contribution in [0.2, 0.25) is 0 Å². The van der Waals surface area contributed by atoms with Crippen LogP contribution < -0.4 is 5.73 Å². The van der Waals surface area contributed by atoms with Crippen molar-refractivity contribution in [2.75, 3.05) is 0 Å². The summed E-state index contributed by atoms with van der Waals surface area (Å²) in [7, 11) is 0. The molecule has 0 aliphatic carbocycles. The predicted molar refractivity (Wildman–Crippen MR) is 58.5 cm³/mol. The molecular weight excluding hydrogens is 269 g/mol. The molecule has 0 bridgehead atoms. The monoisotopic (exact) mass is 279 g/mol. The lowest BCUT2D eigenvalue weighted by molar-refractivity contribution is -0.188. The summed E-state index contributed by atoms with van der Waals surface area (Å²) in [5, 5.41) is -0.0616. The molecule has 7 heteroatoms. The number of benzene rings is 1. The van der Waals surface area contributed by atoms with Gasteiger partial charge in [-0.2, -0.15) is 13.2 Å². The highest BCUT2D eigenvalue weighted by Crippen LogP contribution is 2.41. The molecule has 1 atom stereocenters. The van der Waals surface area contributed by atoms with Gasteiger partial charge in [-0.1, -0.05) is 0 Å². The quantitative estimate of drug-likeness (QED) is 0.807. The molecule has 0 saturated heterocycles. The van der Waals surface area contributed by atoms with Gasteiger partial charge >= 0.3 is 6.18 Å². The zero-order chi connectivity index (χ0) is 14.6. The van der Waals surface area contributed by atoms with Gasteiger partial charge in [0.1, 0.15) is 11.6 Å². The largest absolute Gasteiger partial charge is 0.455 e. The number of furan rings is 1. The lowest BCUT2D eigenvalue weighted by Crippen LogP contribution is -2.47. The molecule has 2 rings (SSSR count). The minimum Gasteiger partial charge on any atom is -0.455 e. The van der Waals surface area contributed by atoms with Gasteiger partial charge in [0.05, 0.1) is 0 Å². The van der Waals surface area contributed by atoms with Crippen molar-refractivity contribution in [2.24, 2.45) is 5.73 Å². The number of alkyl halides is 3. The SMILES string of the molecule is Cc1c(C(C)(N)C(F)(F)F)oc2c(F)cc(F)cc12. The average molecular weight is 279 g/mol. The van der Waals surface area contributed by atoms with E-state index in [4.69, 9.17) is 10.2 Å². The summed E-state index contributed by atoms with van der Waals surface area (Å²) >= 11 is 0. The molecule has 0 fully saturated rings. The highest BCUT2D eigenvalue weighted by molar-refractivity contribution is 5.83. The number of fused-ring (bicyclic) bond motifs is 1. The van der Waals surface area contributed by atoms with Crippen LogP contribution in [0.1, 0.15) is 18.2 Å². The number of hydrogen-bond acceptors (Lipinski definition) is 2. The van der Waals surface area contributed by atoms with Crippen molar-refractivity contribution >= 4 is 11.0 Å². The van der Waals surface area contributed by atoms with Gasteiger partial charge in [-0.05, 0) is 19.9 Å². The molecule has 2 N–H and O–H groups in total. The maximum absolute atomic E-state index is 13.5. The molecule has 0 amide bonds. The van der Waals surface area contributed by atoms with E-state index < -0.39 is 34.7 Å². The Bertz CT molecular complexity index is 642. The van der Waals surface area contributed by atoms with Crippen LogP contribution >= 0.6 is 0 Å². The van der Waals surface area contributed by atoms with Crippen LogP contribution in [0.3, 0.4) is 0 Å². The Labute approximate surface area is 105 Å². The van der Waals surface area contributed by atoms with Gasteiger partial charge in [0.25, 0.3) is 0 Å². The van der Waals surface area contributed by atoms with Crippen molar-refractivity contribution in [3.05, 3.63) is 35.1 Å². The van der Waals surface area contributed by atoms with Crippen molar-refractivity contribution in [3.63, 3.8) is 0 Å². The van der Waals surface area contributed by atoms with Crippen LogP contribution in [0.4, 0.5) is 22.0 Å². The molecule has 0 saturated carbocycles. The molecule has 1 aromatic carbocycles. The Morgan fingerprint density at radius 1 is 1.16 bits per heavy atom. The maximum Gasteiger partial charge on any atom is 0.413 e. The van der Waals surface area contributed by atoms with Crippen molar-refractivity contribution in [1.29, 1.82) is 0 Å². The van der Waals surface area contributed by atoms with Crippen molar-refractivity contribution < 1.29 is 26.4 Å². The predicted octanol–water partition coefficient (Wildman–Crippen LogP) is 3.76. The second-order valence-electron chi connectivity index (χ2n) is 4.52. The fourth-order valence-electron chi connectivity index (χ4n) is 1.87. The lowest BCUT2D eigenvalue weighted by Gasteiger charge is -2.25. The normalized spacial score (nSPS) is 15.8. The molecule has 0 spiro atoms. The van der Waals surface area contributed by atoms with E-state index in [1.54, 1.807) is 0 Å². The summed E-state index contributed by atoms with van der Waals surface area (Å²) < 4.78 is 70.0. The second kappa shape index (κ2) is 3.93. The third-order valence-corrected chi connectivity index (χ3v) is 3.02. The maximum atomic E-state index is 13.5. The van der Waals surface area contributed by atoms with Gasteiger partial charge in [0, 0.05) is 17.0 Å². The smallest absolute Gasteiger partial charge is 0.413 e. The summed E-state index contributed by atoms with van der Waals surface area (Å²) in [4.78, 5) is 0. The standard InChI is InChI=1S/C12H10F5NO/c1-5-7-3-6(13)4-8(14)9(7)19-10(5)11(2,18)12(15,16)17/h3-4H,18H2,1-2H3. The molecule has 2 nitrogen and oxygen atoms in total. The first-order chi connectivity index (χ1) is 8.55. The molecule has 0 aliphatic heterocycles. The second-order valence-corrected chi connectivity index (χ2v) is 4.52. The third-order valence-electron chi connectivity index (χ3n) is 3.02. The van der Waals surface area contributed by atoms with Crippen LogP contribution in [0.15, 0.2) is 16.5 Å². The fourth-order valence-corrected chi connectivity index (χ4v) is 1.87. The summed E-state index contributed by atoms with van der Waals surface area (Å²) in [6, 6.07) is 1.45. The Hall–Kier alpha value is -1.63. The minimum atomic E-state index is -4.78. The number of rotatable bonds is 1. The van der Waals surface area contributed by atoms with E-state index in [0.717, 1.165) is 6.07 Å². The Morgan fingerprint density at radius 2 is 1.74 bits per heavy atom. The number of halogens is 5. The topological polar surface area (TPSA) is 39.2 Å². The van der Waals surface area contributed by atoms with Crippen molar-refractivity contribution in [2.45, 2.75) is 25.6 Å². The van der Waals surface area contributed by atoms with E-state index in [1.165, 1.54) is 6.92 Å². The van der Waals surface area contributed by atoms with Crippen LogP contribution in [-0.4, -0.2) is 6.18 Å². The van der Waals surface area contributed by atoms with E-state index in [2.05, 4.69) is 0 Å². The van der Waals surface area contributed by atoms with E-state index in [1.807, 2.05) is 0 Å². The van der Waals surface area contributed by atoms with Crippen LogP contribution in [0.25, 0.3) is 11.0 Å². The zero-order valence-electron chi connectivity index (χ0n) is 10.0. The molecule has 1 heterocycles. The molecule has 0 aliphatic rings. The van der Waals surface area contributed by atoms with E-state index in [0.29, 0.717) is 13.0 Å². The van der Waals surface area contributed by atoms with E-state index in [9.17, 15) is 22.0 Å². The number of aryl methyl sites for hydroxylation is 1. The van der Waals surface area contributed by atoms with Gasteiger partial charge < -0.3 is 10.2 Å². The van der Waals surface area contributed by atoms with E-state index >= 15 is 0 Å². The Morgan fingerprint density at radius 3 is 2.26 bits per heavy atom. The van der Waals surface area contributed by atoms with Crippen molar-refractivity contribution in [3.8, 4) is 0 Å². The zero-order valence-corrected chi connectivity index (χ0v) is 10.0. The third kappa shape index (κ3) is 1.98. The number of nitrogens with two attached hydrogens (primary N) is 1. The summed E-state index contributed by atoms with van der Waals surface area (Å²) in [5.41, 5.74) is 1.99. The van der Waals surface area contributed by atoms with Gasteiger partial charge in [-0.3, -0.25) is 0 Å². The minimum absolute atomic E-state index is 0.0317. The lowest BCUT2D eigenvalue weighted by atomic mass is 9.95. The fraction of sp³-hybridized carbons (Fsp3) is 0.333. The highest BCUT2D eigenvalue weighted by atomic mass is 19.4. The first kappa shape index (κ1) is 13.8. The average Bonchev–Trinajstić information content (AvgIpc) is 2.55. The summed E-state index contributed by atoms with van der Waals surface area (Å²) in [5.74, 6) is -2.59. The van der Waals surface area contributed by atoms with Gasteiger partial charge in [0.15, 0.2) is 16.9 Å². The first-order valence-electron chi connectivity index (χ1n) is 5.30. The number of hydrogen-bond donors (Lipinski definition) is 1. The van der Waals surface area contributed by atoms with Crippen molar-refractivity contribution in [1.82, 2.24) is 0 Å². The van der Waals surface area contributed by atoms with E-state index in [-0.39, 0.29) is 10.9 Å². The molecule has 2 aromatic rings. The molecule has 1 unspecified atom stereocenters. The Balaban J connectivity index is 2.77. The highest BCUT2D eigenvalue weighted by Gasteiger charge is 2.52. The molecule has 0 radical (unpaired) electrons. The van der Waals surface area contributed by atoms with Gasteiger partial charge in [-0.15, -0.1) is 0 Å². The molecule has 19 heavy (non-hydrogen) atoms. The molecular formula is C12H10F5NO. The molecule has 104 valence electrons. The Kier molecular flexibility index (Phi) is 2.85. The van der Waals surface area contributed by atoms with Gasteiger partial charge in [-0.25, -0.2) is 8.78 Å². The van der Waals surface area contributed by atoms with Gasteiger partial charge in [0.2, 0.25) is 0 Å². The van der Waals surface area contributed by atoms with Crippen LogP contribution in [0.5, 0.6) is 0 Å². The molecule has 1 aromatic heterocycles.